The van der Waals surface area contributed by atoms with E-state index in [4.69, 9.17) is 4.84 Å². The maximum atomic E-state index is 13.9. The molecule has 6 heteroatoms. The molecular formula is C28H19N3O3. The minimum atomic E-state index is -0.938. The SMILES string of the molecule is N#Cc1ccc([C@@H]2[C@@H]3C(=O)N(c4cccc5ccccc45)C(=O)[C@@H]3ON2c2ccccc2)cc1. The molecule has 34 heavy (non-hydrogen) atoms. The first kappa shape index (κ1) is 20.2. The average Bonchev–Trinajstić information content (AvgIpc) is 3.40. The molecule has 2 heterocycles. The number of amides is 2. The van der Waals surface area contributed by atoms with Gasteiger partial charge in [-0.2, -0.15) is 5.26 Å². The van der Waals surface area contributed by atoms with Gasteiger partial charge in [-0.3, -0.25) is 14.4 Å². The van der Waals surface area contributed by atoms with E-state index in [1.54, 1.807) is 23.3 Å². The highest BCUT2D eigenvalue weighted by atomic mass is 16.7. The van der Waals surface area contributed by atoms with Gasteiger partial charge in [0.2, 0.25) is 5.91 Å². The third kappa shape index (κ3) is 2.99. The highest BCUT2D eigenvalue weighted by Crippen LogP contribution is 2.48. The number of imide groups is 1. The number of anilines is 2. The molecule has 2 amide bonds. The lowest BCUT2D eigenvalue weighted by molar-refractivity contribution is -0.126. The van der Waals surface area contributed by atoms with Gasteiger partial charge in [0.25, 0.3) is 5.91 Å². The molecule has 2 fully saturated rings. The Labute approximate surface area is 196 Å². The van der Waals surface area contributed by atoms with Crippen molar-refractivity contribution in [2.24, 2.45) is 5.92 Å². The molecule has 6 rings (SSSR count). The first-order valence-electron chi connectivity index (χ1n) is 11.0. The molecule has 0 aromatic heterocycles. The fraction of sp³-hybridized carbons (Fsp3) is 0.107. The van der Waals surface area contributed by atoms with Crippen LogP contribution in [0.25, 0.3) is 10.8 Å². The number of carbonyl (C=O) groups is 2. The molecule has 0 bridgehead atoms. The third-order valence-electron chi connectivity index (χ3n) is 6.51. The molecule has 0 radical (unpaired) electrons. The first-order valence-corrected chi connectivity index (χ1v) is 11.0. The van der Waals surface area contributed by atoms with Crippen molar-refractivity contribution in [1.82, 2.24) is 0 Å². The van der Waals surface area contributed by atoms with Crippen molar-refractivity contribution in [3.63, 3.8) is 0 Å². The van der Waals surface area contributed by atoms with Crippen molar-refractivity contribution < 1.29 is 14.4 Å². The zero-order valence-corrected chi connectivity index (χ0v) is 18.0. The van der Waals surface area contributed by atoms with Gasteiger partial charge in [0.05, 0.1) is 29.0 Å². The van der Waals surface area contributed by atoms with Gasteiger partial charge in [-0.1, -0.05) is 66.7 Å². The normalized spacial score (nSPS) is 21.7. The Morgan fingerprint density at radius 2 is 1.47 bits per heavy atom. The smallest absolute Gasteiger partial charge is 0.266 e. The van der Waals surface area contributed by atoms with Crippen LogP contribution in [0.1, 0.15) is 17.2 Å². The summed E-state index contributed by atoms with van der Waals surface area (Å²) >= 11 is 0. The number of nitrogens with zero attached hydrogens (tertiary/aromatic N) is 3. The van der Waals surface area contributed by atoms with Crippen LogP contribution in [0.5, 0.6) is 0 Å². The molecule has 4 aromatic carbocycles. The van der Waals surface area contributed by atoms with Crippen molar-refractivity contribution in [2.75, 3.05) is 9.96 Å². The average molecular weight is 445 g/mol. The number of hydroxylamine groups is 1. The van der Waals surface area contributed by atoms with E-state index in [0.717, 1.165) is 22.0 Å². The number of nitriles is 1. The van der Waals surface area contributed by atoms with E-state index in [1.807, 2.05) is 78.9 Å². The van der Waals surface area contributed by atoms with Crippen molar-refractivity contribution in [1.29, 1.82) is 5.26 Å². The number of hydrogen-bond acceptors (Lipinski definition) is 5. The summed E-state index contributed by atoms with van der Waals surface area (Å²) in [6.07, 6.45) is -0.938. The summed E-state index contributed by atoms with van der Waals surface area (Å²) in [5, 5.41) is 12.7. The number of carbonyl (C=O) groups excluding carboxylic acids is 2. The third-order valence-corrected chi connectivity index (χ3v) is 6.51. The van der Waals surface area contributed by atoms with Crippen LogP contribution in [0.3, 0.4) is 0 Å². The topological polar surface area (TPSA) is 73.6 Å². The molecular weight excluding hydrogens is 426 g/mol. The van der Waals surface area contributed by atoms with Gasteiger partial charge in [0, 0.05) is 5.39 Å². The predicted molar refractivity (Wildman–Crippen MR) is 128 cm³/mol. The Morgan fingerprint density at radius 1 is 0.765 bits per heavy atom. The van der Waals surface area contributed by atoms with Gasteiger partial charge in [0.1, 0.15) is 5.92 Å². The number of benzene rings is 4. The predicted octanol–water partition coefficient (Wildman–Crippen LogP) is 4.76. The van der Waals surface area contributed by atoms with Crippen molar-refractivity contribution in [3.05, 3.63) is 108 Å². The zero-order valence-electron chi connectivity index (χ0n) is 18.0. The summed E-state index contributed by atoms with van der Waals surface area (Å²) < 4.78 is 0. The molecule has 0 unspecified atom stereocenters. The van der Waals surface area contributed by atoms with Crippen LogP contribution < -0.4 is 9.96 Å². The van der Waals surface area contributed by atoms with Crippen LogP contribution in [0.15, 0.2) is 97.1 Å². The maximum Gasteiger partial charge on any atom is 0.266 e. The minimum absolute atomic E-state index is 0.292. The van der Waals surface area contributed by atoms with Crippen LogP contribution in [0.4, 0.5) is 11.4 Å². The zero-order chi connectivity index (χ0) is 23.2. The second-order valence-electron chi connectivity index (χ2n) is 8.40. The highest BCUT2D eigenvalue weighted by Gasteiger charge is 2.60. The summed E-state index contributed by atoms with van der Waals surface area (Å²) in [4.78, 5) is 34.9. The van der Waals surface area contributed by atoms with E-state index in [9.17, 15) is 14.9 Å². The quantitative estimate of drug-likeness (QED) is 0.425. The van der Waals surface area contributed by atoms with Crippen LogP contribution in [0, 0.1) is 17.2 Å². The number of hydrogen-bond donors (Lipinski definition) is 0. The van der Waals surface area contributed by atoms with Crippen LogP contribution in [0.2, 0.25) is 0 Å². The fourth-order valence-electron chi connectivity index (χ4n) is 4.95. The van der Waals surface area contributed by atoms with Crippen LogP contribution in [-0.4, -0.2) is 17.9 Å². The van der Waals surface area contributed by atoms with Gasteiger partial charge in [-0.15, -0.1) is 0 Å². The Morgan fingerprint density at radius 3 is 2.24 bits per heavy atom. The minimum Gasteiger partial charge on any atom is -0.273 e. The lowest BCUT2D eigenvalue weighted by Gasteiger charge is -2.29. The molecule has 3 atom stereocenters. The van der Waals surface area contributed by atoms with Crippen LogP contribution in [-0.2, 0) is 14.4 Å². The molecule has 0 saturated carbocycles. The van der Waals surface area contributed by atoms with Crippen molar-refractivity contribution in [3.8, 4) is 6.07 Å². The summed E-state index contributed by atoms with van der Waals surface area (Å²) in [5.74, 6) is -1.39. The van der Waals surface area contributed by atoms with Gasteiger partial charge in [0.15, 0.2) is 6.10 Å². The maximum absolute atomic E-state index is 13.9. The van der Waals surface area contributed by atoms with E-state index < -0.39 is 18.1 Å². The van der Waals surface area contributed by atoms with Gasteiger partial charge in [-0.05, 0) is 41.3 Å². The van der Waals surface area contributed by atoms with Gasteiger partial charge >= 0.3 is 0 Å². The van der Waals surface area contributed by atoms with Gasteiger partial charge in [-0.25, -0.2) is 9.96 Å². The summed E-state index contributed by atoms with van der Waals surface area (Å²) in [5.41, 5.74) is 2.65. The monoisotopic (exact) mass is 445 g/mol. The number of fused-ring (bicyclic) bond motifs is 2. The second kappa shape index (κ2) is 7.84. The first-order chi connectivity index (χ1) is 16.7. The number of rotatable bonds is 3. The molecule has 0 spiro atoms. The Hall–Kier alpha value is -4.47. The Kier molecular flexibility index (Phi) is 4.65. The Balaban J connectivity index is 1.46. The van der Waals surface area contributed by atoms with Crippen molar-refractivity contribution in [2.45, 2.75) is 12.1 Å². The lowest BCUT2D eigenvalue weighted by Crippen LogP contribution is -2.37. The summed E-state index contributed by atoms with van der Waals surface area (Å²) in [6, 6.07) is 31.4. The fourth-order valence-corrected chi connectivity index (χ4v) is 4.95. The van der Waals surface area contributed by atoms with Gasteiger partial charge < -0.3 is 0 Å². The van der Waals surface area contributed by atoms with Crippen molar-refractivity contribution >= 4 is 34.0 Å². The summed E-state index contributed by atoms with van der Waals surface area (Å²) in [7, 11) is 0. The molecule has 0 aliphatic carbocycles. The highest BCUT2D eigenvalue weighted by molar-refractivity contribution is 6.26. The van der Waals surface area contributed by atoms with E-state index in [2.05, 4.69) is 6.07 Å². The largest absolute Gasteiger partial charge is 0.273 e. The molecule has 0 N–H and O–H groups in total. The standard InChI is InChI=1S/C28H19N3O3/c29-17-18-13-15-20(16-14-18)25-24-26(34-31(25)21-9-2-1-3-10-21)28(33)30(27(24)32)23-12-6-8-19-7-4-5-11-22(19)23/h1-16,24-26H/t24-,25+,26+/m0/s1. The number of para-hydroxylation sites is 1. The van der Waals surface area contributed by atoms with E-state index >= 15 is 0 Å². The molecule has 4 aromatic rings. The second-order valence-corrected chi connectivity index (χ2v) is 8.40. The van der Waals surface area contributed by atoms with E-state index in [1.165, 1.54) is 4.90 Å². The summed E-state index contributed by atoms with van der Waals surface area (Å²) in [6.45, 7) is 0. The van der Waals surface area contributed by atoms with Crippen LogP contribution >= 0.6 is 0 Å². The molecule has 2 aliphatic rings. The molecule has 2 aliphatic heterocycles. The Bertz CT molecular complexity index is 1450. The van der Waals surface area contributed by atoms with E-state index in [0.29, 0.717) is 11.3 Å². The molecule has 6 nitrogen and oxygen atoms in total. The molecule has 2 saturated heterocycles. The molecule has 164 valence electrons. The lowest BCUT2D eigenvalue weighted by atomic mass is 9.90. The van der Waals surface area contributed by atoms with E-state index in [-0.39, 0.29) is 11.8 Å².